The molecule has 0 aliphatic carbocycles. The quantitative estimate of drug-likeness (QED) is 0.0169. The molecule has 0 bridgehead atoms. The molecule has 0 radical (unpaired) electrons. The second-order valence-electron chi connectivity index (χ2n) is 27.4. The van der Waals surface area contributed by atoms with Gasteiger partial charge in [-0.05, 0) is 96.3 Å². The molecule has 584 valence electrons. The third kappa shape index (κ3) is 73.1. The Morgan fingerprint density at radius 2 is 0.490 bits per heavy atom. The van der Waals surface area contributed by atoms with Crippen molar-refractivity contribution in [2.45, 2.75) is 393 Å². The number of esters is 4. The first-order valence-corrected chi connectivity index (χ1v) is 43.5. The molecule has 5 atom stereocenters. The lowest BCUT2D eigenvalue weighted by molar-refractivity contribution is -0.161. The van der Waals surface area contributed by atoms with E-state index in [2.05, 4.69) is 88.5 Å². The van der Waals surface area contributed by atoms with Gasteiger partial charge in [0, 0.05) is 25.7 Å². The van der Waals surface area contributed by atoms with Gasteiger partial charge in [-0.25, -0.2) is 9.13 Å². The molecule has 0 aromatic rings. The van der Waals surface area contributed by atoms with E-state index in [1.807, 2.05) is 0 Å². The van der Waals surface area contributed by atoms with Gasteiger partial charge in [0.15, 0.2) is 12.2 Å². The zero-order valence-corrected chi connectivity index (χ0v) is 65.7. The highest BCUT2D eigenvalue weighted by Crippen LogP contribution is 2.45. The summed E-state index contributed by atoms with van der Waals surface area (Å²) in [5.74, 6) is -2.17. The van der Waals surface area contributed by atoms with Crippen molar-refractivity contribution in [3.05, 3.63) is 60.8 Å². The van der Waals surface area contributed by atoms with Crippen LogP contribution in [0.3, 0.4) is 0 Å². The summed E-state index contributed by atoms with van der Waals surface area (Å²) in [5.41, 5.74) is 0. The van der Waals surface area contributed by atoms with Crippen LogP contribution in [0.15, 0.2) is 60.8 Å². The minimum Gasteiger partial charge on any atom is -0.462 e. The van der Waals surface area contributed by atoms with Crippen LogP contribution < -0.4 is 0 Å². The average molecular weight is 1460 g/mol. The van der Waals surface area contributed by atoms with E-state index >= 15 is 0 Å². The summed E-state index contributed by atoms with van der Waals surface area (Å²) in [4.78, 5) is 73.0. The maximum Gasteiger partial charge on any atom is 0.472 e. The zero-order valence-electron chi connectivity index (χ0n) is 63.9. The Bertz CT molecular complexity index is 2130. The molecule has 0 saturated heterocycles. The van der Waals surface area contributed by atoms with Crippen molar-refractivity contribution >= 4 is 39.5 Å². The van der Waals surface area contributed by atoms with Crippen LogP contribution >= 0.6 is 15.6 Å². The number of phosphoric ester groups is 2. The maximum absolute atomic E-state index is 13.1. The number of aliphatic hydroxyl groups excluding tert-OH is 1. The second-order valence-corrected chi connectivity index (χ2v) is 30.3. The molecule has 100 heavy (non-hydrogen) atoms. The molecule has 0 amide bonds. The highest BCUT2D eigenvalue weighted by Gasteiger charge is 2.30. The molecule has 0 heterocycles. The molecule has 19 heteroatoms. The van der Waals surface area contributed by atoms with Crippen LogP contribution in [-0.4, -0.2) is 96.7 Å². The first-order chi connectivity index (χ1) is 48.7. The molecule has 5 unspecified atom stereocenters. The number of ether oxygens (including phenoxy) is 4. The summed E-state index contributed by atoms with van der Waals surface area (Å²) in [7, 11) is -9.94. The fourth-order valence-electron chi connectivity index (χ4n) is 11.3. The largest absolute Gasteiger partial charge is 0.472 e. The molecule has 0 fully saturated rings. The van der Waals surface area contributed by atoms with Crippen LogP contribution in [0, 0.1) is 0 Å². The molecule has 0 aromatic heterocycles. The van der Waals surface area contributed by atoms with Crippen molar-refractivity contribution < 1.29 is 80.2 Å². The topological polar surface area (TPSA) is 237 Å². The van der Waals surface area contributed by atoms with Gasteiger partial charge in [-0.3, -0.25) is 37.3 Å². The Hall–Kier alpha value is -3.24. The smallest absolute Gasteiger partial charge is 0.462 e. The number of rotatable bonds is 77. The van der Waals surface area contributed by atoms with E-state index in [0.29, 0.717) is 25.7 Å². The number of unbranched alkanes of at least 4 members (excludes halogenated alkanes) is 41. The first-order valence-electron chi connectivity index (χ1n) is 40.5. The molecule has 0 rings (SSSR count). The lowest BCUT2D eigenvalue weighted by Gasteiger charge is -2.21. The van der Waals surface area contributed by atoms with Gasteiger partial charge in [-0.15, -0.1) is 0 Å². The average Bonchev–Trinajstić information content (AvgIpc) is 0.946. The predicted octanol–water partition coefficient (Wildman–Crippen LogP) is 23.5. The SMILES string of the molecule is CCCCC/C=C\C/C=C\C/C=C\CCCCCCCCC(=O)OCC(COP(=O)(O)OCC(O)COP(=O)(O)OCC(COC(=O)CCCCCCCCCCCCCCC)OC(=O)CCCCCCCCCCCCCCC)OC(=O)CCCCCCC/C=C\C/C=C\CCCCC. The first kappa shape index (κ1) is 96.8. The molecule has 3 N–H and O–H groups in total. The standard InChI is InChI=1S/C81H148O17P2/c1-5-9-13-17-21-25-29-33-35-36-37-38-40-43-46-50-54-58-62-66-79(84)92-72-77(98-81(86)68-64-60-56-52-48-44-39-34-30-26-22-18-14-10-6-2)74-96-100(89,90)94-70-75(82)69-93-99(87,88)95-73-76(97-80(85)67-63-59-55-51-47-42-32-28-24-20-16-12-8-4)71-91-78(83)65-61-57-53-49-45-41-31-27-23-19-15-11-7-3/h21-22,25-26,33-35,37-39,75-77,82H,5-20,23-24,27-32,36,40-74H2,1-4H3,(H,87,88)(H,89,90)/b25-21-,26-22-,35-33-,38-37-,39-34-. The van der Waals surface area contributed by atoms with Gasteiger partial charge >= 0.3 is 39.5 Å². The number of carbonyl (C=O) groups excluding carboxylic acids is 4. The lowest BCUT2D eigenvalue weighted by Crippen LogP contribution is -2.30. The van der Waals surface area contributed by atoms with E-state index in [0.717, 1.165) is 148 Å². The van der Waals surface area contributed by atoms with Crippen molar-refractivity contribution in [3.8, 4) is 0 Å². The van der Waals surface area contributed by atoms with E-state index < -0.39 is 97.5 Å². The number of hydrogen-bond acceptors (Lipinski definition) is 15. The van der Waals surface area contributed by atoms with Crippen molar-refractivity contribution in [3.63, 3.8) is 0 Å². The van der Waals surface area contributed by atoms with E-state index in [1.165, 1.54) is 148 Å². The van der Waals surface area contributed by atoms with Gasteiger partial charge in [-0.2, -0.15) is 0 Å². The van der Waals surface area contributed by atoms with E-state index in [-0.39, 0.29) is 25.7 Å². The van der Waals surface area contributed by atoms with Gasteiger partial charge < -0.3 is 33.8 Å². The van der Waals surface area contributed by atoms with Crippen LogP contribution in [0.4, 0.5) is 0 Å². The predicted molar refractivity (Wildman–Crippen MR) is 409 cm³/mol. The Morgan fingerprint density at radius 1 is 0.280 bits per heavy atom. The van der Waals surface area contributed by atoms with Crippen molar-refractivity contribution in [2.24, 2.45) is 0 Å². The minimum atomic E-state index is -4.98. The molecule has 0 aromatic carbocycles. The van der Waals surface area contributed by atoms with Crippen molar-refractivity contribution in [1.29, 1.82) is 0 Å². The maximum atomic E-state index is 13.1. The van der Waals surface area contributed by atoms with Crippen LogP contribution in [0.5, 0.6) is 0 Å². The number of aliphatic hydroxyl groups is 1. The van der Waals surface area contributed by atoms with Gasteiger partial charge in [0.05, 0.1) is 26.4 Å². The van der Waals surface area contributed by atoms with E-state index in [1.54, 1.807) is 0 Å². The van der Waals surface area contributed by atoms with Crippen LogP contribution in [0.25, 0.3) is 0 Å². The normalized spacial score (nSPS) is 14.2. The lowest BCUT2D eigenvalue weighted by atomic mass is 10.0. The molecule has 0 saturated carbocycles. The molecule has 0 aliphatic rings. The highest BCUT2D eigenvalue weighted by molar-refractivity contribution is 7.47. The van der Waals surface area contributed by atoms with Crippen LogP contribution in [-0.2, 0) is 65.4 Å². The summed E-state index contributed by atoms with van der Waals surface area (Å²) in [6.45, 7) is 4.87. The summed E-state index contributed by atoms with van der Waals surface area (Å²) in [5, 5.41) is 10.6. The highest BCUT2D eigenvalue weighted by atomic mass is 31.2. The molecular weight excluding hydrogens is 1310 g/mol. The number of allylic oxidation sites excluding steroid dienone is 10. The number of phosphoric acid groups is 2. The van der Waals surface area contributed by atoms with Crippen molar-refractivity contribution in [2.75, 3.05) is 39.6 Å². The number of carbonyl (C=O) groups is 4. The van der Waals surface area contributed by atoms with Crippen LogP contribution in [0.2, 0.25) is 0 Å². The minimum absolute atomic E-state index is 0.0796. The summed E-state index contributed by atoms with van der Waals surface area (Å²) in [6.07, 6.45) is 73.3. The van der Waals surface area contributed by atoms with Gasteiger partial charge in [0.2, 0.25) is 0 Å². The fraction of sp³-hybridized carbons (Fsp3) is 0.827. The van der Waals surface area contributed by atoms with Crippen LogP contribution in [0.1, 0.15) is 374 Å². The van der Waals surface area contributed by atoms with E-state index in [4.69, 9.17) is 37.0 Å². The summed E-state index contributed by atoms with van der Waals surface area (Å²) < 4.78 is 68.6. The van der Waals surface area contributed by atoms with Gasteiger partial charge in [0.25, 0.3) is 0 Å². The molecule has 0 aliphatic heterocycles. The van der Waals surface area contributed by atoms with E-state index in [9.17, 15) is 43.2 Å². The summed E-state index contributed by atoms with van der Waals surface area (Å²) in [6, 6.07) is 0. The number of hydrogen-bond donors (Lipinski definition) is 3. The van der Waals surface area contributed by atoms with Crippen molar-refractivity contribution in [1.82, 2.24) is 0 Å². The fourth-order valence-corrected chi connectivity index (χ4v) is 12.8. The third-order valence-corrected chi connectivity index (χ3v) is 19.4. The Morgan fingerprint density at radius 3 is 0.770 bits per heavy atom. The Labute approximate surface area is 610 Å². The zero-order chi connectivity index (χ0) is 73.2. The monoisotopic (exact) mass is 1460 g/mol. The second kappa shape index (κ2) is 74.0. The molecule has 17 nitrogen and oxygen atoms in total. The Balaban J connectivity index is 5.32. The summed E-state index contributed by atoms with van der Waals surface area (Å²) >= 11 is 0. The Kier molecular flexibility index (Phi) is 71.6. The van der Waals surface area contributed by atoms with Gasteiger partial charge in [-0.1, -0.05) is 313 Å². The third-order valence-electron chi connectivity index (χ3n) is 17.5. The molecular formula is C81H148O17P2. The molecule has 0 spiro atoms. The van der Waals surface area contributed by atoms with Gasteiger partial charge in [0.1, 0.15) is 19.3 Å².